The predicted octanol–water partition coefficient (Wildman–Crippen LogP) is 1.19. The number of pyridine rings is 1. The Morgan fingerprint density at radius 2 is 1.43 bits per heavy atom. The zero-order chi connectivity index (χ0) is 16.3. The molecule has 1 aromatic heterocycles. The van der Waals surface area contributed by atoms with Crippen LogP contribution < -0.4 is 21.3 Å². The van der Waals surface area contributed by atoms with Crippen LogP contribution in [-0.2, 0) is 0 Å². The summed E-state index contributed by atoms with van der Waals surface area (Å²) in [5, 5.41) is 14.1. The Hall–Kier alpha value is -1.43. The van der Waals surface area contributed by atoms with Gasteiger partial charge in [0.1, 0.15) is 0 Å². The fourth-order valence-corrected chi connectivity index (χ4v) is 2.77. The maximum atomic E-state index is 4.45. The first-order chi connectivity index (χ1) is 11.2. The van der Waals surface area contributed by atoms with Crippen LogP contribution in [0.2, 0.25) is 0 Å². The minimum Gasteiger partial charge on any atom is -0.387 e. The first kappa shape index (κ1) is 17.9. The molecular formula is C18H31N5. The zero-order valence-corrected chi connectivity index (χ0v) is 14.5. The molecule has 0 amide bonds. The number of rotatable bonds is 1. The normalized spacial score (nSPS) is 20.7. The third-order valence-corrected chi connectivity index (χ3v) is 3.83. The highest BCUT2D eigenvalue weighted by Crippen LogP contribution is 2.09. The van der Waals surface area contributed by atoms with Crippen LogP contribution in [0.1, 0.15) is 29.8 Å². The molecule has 1 aliphatic rings. The topological polar surface area (TPSA) is 61.0 Å². The van der Waals surface area contributed by atoms with Crippen LogP contribution in [0.4, 0.5) is 0 Å². The van der Waals surface area contributed by atoms with Crippen LogP contribution >= 0.6 is 0 Å². The van der Waals surface area contributed by atoms with Gasteiger partial charge in [-0.15, -0.1) is 0 Å². The number of aryl methyl sites for hydroxylation is 2. The monoisotopic (exact) mass is 317 g/mol. The lowest BCUT2D eigenvalue weighted by atomic mass is 10.1. The van der Waals surface area contributed by atoms with Gasteiger partial charge in [0.25, 0.3) is 0 Å². The largest absolute Gasteiger partial charge is 0.387 e. The van der Waals surface area contributed by atoms with E-state index in [0.717, 1.165) is 70.0 Å². The minimum absolute atomic E-state index is 0.883. The van der Waals surface area contributed by atoms with Crippen molar-refractivity contribution in [1.82, 2.24) is 26.3 Å². The van der Waals surface area contributed by atoms with Gasteiger partial charge < -0.3 is 21.3 Å². The van der Waals surface area contributed by atoms with Crippen LogP contribution in [0, 0.1) is 13.8 Å². The lowest BCUT2D eigenvalue weighted by Crippen LogP contribution is -2.33. The lowest BCUT2D eigenvalue weighted by Gasteiger charge is -2.15. The van der Waals surface area contributed by atoms with E-state index in [1.807, 2.05) is 13.8 Å². The van der Waals surface area contributed by atoms with Crippen molar-refractivity contribution in [2.75, 3.05) is 45.8 Å². The predicted molar refractivity (Wildman–Crippen MR) is 97.5 cm³/mol. The second-order valence-corrected chi connectivity index (χ2v) is 6.16. The summed E-state index contributed by atoms with van der Waals surface area (Å²) in [6.07, 6.45) is 4.53. The van der Waals surface area contributed by atoms with Crippen molar-refractivity contribution in [3.8, 4) is 0 Å². The Labute approximate surface area is 140 Å². The number of hydrogen-bond donors (Lipinski definition) is 4. The second-order valence-electron chi connectivity index (χ2n) is 6.16. The van der Waals surface area contributed by atoms with E-state index in [4.69, 9.17) is 0 Å². The number of nitrogens with zero attached hydrogens (tertiary/aromatic N) is 1. The molecule has 2 rings (SSSR count). The van der Waals surface area contributed by atoms with E-state index in [2.05, 4.69) is 44.5 Å². The SMILES string of the molecule is Cc1cc(C=C2CNCCCNCCNCCCN2)cc(C)n1. The van der Waals surface area contributed by atoms with Crippen LogP contribution in [0.3, 0.4) is 0 Å². The average Bonchev–Trinajstić information content (AvgIpc) is 2.50. The van der Waals surface area contributed by atoms with Gasteiger partial charge in [-0.2, -0.15) is 0 Å². The maximum Gasteiger partial charge on any atom is 0.0381 e. The molecule has 0 bridgehead atoms. The molecule has 0 saturated carbocycles. The molecule has 0 spiro atoms. The second kappa shape index (κ2) is 10.4. The number of hydrogen-bond acceptors (Lipinski definition) is 5. The molecule has 1 saturated heterocycles. The van der Waals surface area contributed by atoms with Gasteiger partial charge in [0.2, 0.25) is 0 Å². The molecular weight excluding hydrogens is 286 g/mol. The van der Waals surface area contributed by atoms with E-state index in [-0.39, 0.29) is 0 Å². The van der Waals surface area contributed by atoms with Crippen molar-refractivity contribution in [1.29, 1.82) is 0 Å². The molecule has 1 aliphatic heterocycles. The molecule has 0 aliphatic carbocycles. The number of nitrogens with one attached hydrogen (secondary N) is 4. The lowest BCUT2D eigenvalue weighted by molar-refractivity contribution is 0.553. The van der Waals surface area contributed by atoms with Gasteiger partial charge in [-0.25, -0.2) is 0 Å². The van der Waals surface area contributed by atoms with Crippen molar-refractivity contribution < 1.29 is 0 Å². The third kappa shape index (κ3) is 7.59. The van der Waals surface area contributed by atoms with Crippen LogP contribution in [0.25, 0.3) is 6.08 Å². The molecule has 0 radical (unpaired) electrons. The molecule has 0 atom stereocenters. The Balaban J connectivity index is 1.98. The van der Waals surface area contributed by atoms with E-state index >= 15 is 0 Å². The van der Waals surface area contributed by atoms with Gasteiger partial charge >= 0.3 is 0 Å². The zero-order valence-electron chi connectivity index (χ0n) is 14.5. The molecule has 1 fully saturated rings. The standard InChI is InChI=1S/C18H31N5/c1-15-11-17(12-16(2)23-15)13-18-14-21-7-3-5-19-9-10-20-6-4-8-22-18/h11-13,19-22H,3-10,14H2,1-2H3. The van der Waals surface area contributed by atoms with E-state index in [1.54, 1.807) is 0 Å². The highest BCUT2D eigenvalue weighted by Gasteiger charge is 2.01. The first-order valence-electron chi connectivity index (χ1n) is 8.76. The summed E-state index contributed by atoms with van der Waals surface area (Å²) in [6.45, 7) is 11.2. The molecule has 0 aromatic carbocycles. The molecule has 5 heteroatoms. The Bertz CT molecular complexity index is 462. The Kier molecular flexibility index (Phi) is 8.07. The Morgan fingerprint density at radius 3 is 2.13 bits per heavy atom. The minimum atomic E-state index is 0.883. The van der Waals surface area contributed by atoms with E-state index < -0.39 is 0 Å². The quantitative estimate of drug-likeness (QED) is 0.627. The third-order valence-electron chi connectivity index (χ3n) is 3.83. The van der Waals surface area contributed by atoms with Gasteiger partial charge in [0.05, 0.1) is 0 Å². The molecule has 0 unspecified atom stereocenters. The molecule has 2 heterocycles. The fourth-order valence-electron chi connectivity index (χ4n) is 2.77. The summed E-state index contributed by atoms with van der Waals surface area (Å²) in [7, 11) is 0. The first-order valence-corrected chi connectivity index (χ1v) is 8.76. The maximum absolute atomic E-state index is 4.45. The summed E-state index contributed by atoms with van der Waals surface area (Å²) in [6, 6.07) is 4.27. The average molecular weight is 317 g/mol. The van der Waals surface area contributed by atoms with Gasteiger partial charge in [-0.05, 0) is 70.1 Å². The van der Waals surface area contributed by atoms with Crippen LogP contribution in [-0.4, -0.2) is 50.8 Å². The van der Waals surface area contributed by atoms with Crippen molar-refractivity contribution in [3.63, 3.8) is 0 Å². The van der Waals surface area contributed by atoms with Crippen molar-refractivity contribution >= 4 is 6.08 Å². The van der Waals surface area contributed by atoms with Gasteiger partial charge in [-0.1, -0.05) is 0 Å². The highest BCUT2D eigenvalue weighted by atomic mass is 15.0. The molecule has 5 nitrogen and oxygen atoms in total. The molecule has 23 heavy (non-hydrogen) atoms. The van der Waals surface area contributed by atoms with Crippen molar-refractivity contribution in [2.24, 2.45) is 0 Å². The van der Waals surface area contributed by atoms with Gasteiger partial charge in [0, 0.05) is 43.3 Å². The summed E-state index contributed by atoms with van der Waals surface area (Å²) in [5.41, 5.74) is 4.61. The summed E-state index contributed by atoms with van der Waals surface area (Å²) in [5.74, 6) is 0. The molecule has 4 N–H and O–H groups in total. The van der Waals surface area contributed by atoms with Crippen LogP contribution in [0.15, 0.2) is 17.8 Å². The van der Waals surface area contributed by atoms with Gasteiger partial charge in [0.15, 0.2) is 0 Å². The number of aromatic nitrogens is 1. The van der Waals surface area contributed by atoms with Gasteiger partial charge in [-0.3, -0.25) is 4.98 Å². The van der Waals surface area contributed by atoms with Crippen LogP contribution in [0.5, 0.6) is 0 Å². The molecule has 128 valence electrons. The summed E-state index contributed by atoms with van der Waals surface area (Å²) < 4.78 is 0. The fraction of sp³-hybridized carbons (Fsp3) is 0.611. The smallest absolute Gasteiger partial charge is 0.0381 e. The summed E-state index contributed by atoms with van der Waals surface area (Å²) in [4.78, 5) is 4.45. The highest BCUT2D eigenvalue weighted by molar-refractivity contribution is 5.53. The summed E-state index contributed by atoms with van der Waals surface area (Å²) >= 11 is 0. The van der Waals surface area contributed by atoms with Crippen molar-refractivity contribution in [2.45, 2.75) is 26.7 Å². The van der Waals surface area contributed by atoms with E-state index in [1.165, 1.54) is 11.3 Å². The van der Waals surface area contributed by atoms with E-state index in [0.29, 0.717) is 0 Å². The van der Waals surface area contributed by atoms with Crippen molar-refractivity contribution in [3.05, 3.63) is 34.8 Å². The molecule has 1 aromatic rings. The van der Waals surface area contributed by atoms with E-state index in [9.17, 15) is 0 Å². The Morgan fingerprint density at radius 1 is 0.826 bits per heavy atom.